The van der Waals surface area contributed by atoms with Gasteiger partial charge in [0.25, 0.3) is 10.1 Å². The highest BCUT2D eigenvalue weighted by Gasteiger charge is 2.12. The van der Waals surface area contributed by atoms with Crippen LogP contribution in [0.5, 0.6) is 0 Å². The van der Waals surface area contributed by atoms with E-state index >= 15 is 0 Å². The van der Waals surface area contributed by atoms with Gasteiger partial charge in [-0.25, -0.2) is 0 Å². The van der Waals surface area contributed by atoms with Crippen molar-refractivity contribution < 1.29 is 13.0 Å². The third kappa shape index (κ3) is 3.14. The molecule has 0 aromatic heterocycles. The first-order valence-electron chi connectivity index (χ1n) is 3.72. The predicted octanol–water partition coefficient (Wildman–Crippen LogP) is 2.08. The summed E-state index contributed by atoms with van der Waals surface area (Å²) < 4.78 is 30.5. The molecule has 1 N–H and O–H groups in total. The van der Waals surface area contributed by atoms with Crippen molar-refractivity contribution in [2.24, 2.45) is 0 Å². The van der Waals surface area contributed by atoms with Crippen LogP contribution in [0.15, 0.2) is 41.8 Å². The molecule has 0 aliphatic carbocycles. The van der Waals surface area contributed by atoms with Crippen LogP contribution < -0.4 is 0 Å². The van der Waals surface area contributed by atoms with Gasteiger partial charge in [0.05, 0.1) is 4.90 Å². The molecule has 0 bridgehead atoms. The van der Waals surface area contributed by atoms with Crippen molar-refractivity contribution in [1.29, 1.82) is 0 Å². The van der Waals surface area contributed by atoms with E-state index in [1.54, 1.807) is 24.3 Å². The normalized spacial score (nSPS) is 10.4. The Morgan fingerprint density at radius 3 is 2.43 bits per heavy atom. The maximum absolute atomic E-state index is 10.8. The molecule has 14 heavy (non-hydrogen) atoms. The van der Waals surface area contributed by atoms with E-state index in [0.29, 0.717) is 12.0 Å². The SMILES string of the molecule is C=CCc1ccccc1S(=O)(=O)O.Cl. The molecule has 1 rings (SSSR count). The van der Waals surface area contributed by atoms with Crippen LogP contribution in [-0.4, -0.2) is 13.0 Å². The zero-order valence-electron chi connectivity index (χ0n) is 7.38. The molecule has 0 aliphatic rings. The molecule has 0 heterocycles. The highest BCUT2D eigenvalue weighted by atomic mass is 35.5. The Balaban J connectivity index is 0.00000169. The summed E-state index contributed by atoms with van der Waals surface area (Å²) in [5.41, 5.74) is 0.556. The zero-order chi connectivity index (χ0) is 9.90. The van der Waals surface area contributed by atoms with E-state index in [2.05, 4.69) is 6.58 Å². The van der Waals surface area contributed by atoms with Gasteiger partial charge in [-0.3, -0.25) is 4.55 Å². The van der Waals surface area contributed by atoms with Crippen LogP contribution in [0.4, 0.5) is 0 Å². The van der Waals surface area contributed by atoms with Crippen molar-refractivity contribution in [1.82, 2.24) is 0 Å². The predicted molar refractivity (Wildman–Crippen MR) is 57.4 cm³/mol. The first kappa shape index (κ1) is 13.2. The molecule has 0 saturated heterocycles. The Hall–Kier alpha value is -0.840. The Morgan fingerprint density at radius 1 is 1.36 bits per heavy atom. The lowest BCUT2D eigenvalue weighted by Crippen LogP contribution is -2.02. The maximum Gasteiger partial charge on any atom is 0.294 e. The molecule has 5 heteroatoms. The molecule has 3 nitrogen and oxygen atoms in total. The van der Waals surface area contributed by atoms with Gasteiger partial charge in [0.15, 0.2) is 0 Å². The van der Waals surface area contributed by atoms with E-state index < -0.39 is 10.1 Å². The third-order valence-corrected chi connectivity index (χ3v) is 2.57. The molecule has 0 amide bonds. The molecular weight excluding hydrogens is 224 g/mol. The van der Waals surface area contributed by atoms with Gasteiger partial charge in [-0.15, -0.1) is 19.0 Å². The van der Waals surface area contributed by atoms with Crippen LogP contribution in [-0.2, 0) is 16.5 Å². The van der Waals surface area contributed by atoms with Gasteiger partial charge in [0.1, 0.15) is 0 Å². The van der Waals surface area contributed by atoms with Gasteiger partial charge in [-0.05, 0) is 18.1 Å². The number of hydrogen-bond acceptors (Lipinski definition) is 2. The van der Waals surface area contributed by atoms with Gasteiger partial charge >= 0.3 is 0 Å². The summed E-state index contributed by atoms with van der Waals surface area (Å²) in [6.45, 7) is 3.50. The van der Waals surface area contributed by atoms with Crippen molar-refractivity contribution in [3.05, 3.63) is 42.5 Å². The summed E-state index contributed by atoms with van der Waals surface area (Å²) in [7, 11) is -4.10. The first-order valence-corrected chi connectivity index (χ1v) is 5.16. The van der Waals surface area contributed by atoms with Crippen LogP contribution in [0.1, 0.15) is 5.56 Å². The van der Waals surface area contributed by atoms with Gasteiger partial charge in [-0.1, -0.05) is 24.3 Å². The summed E-state index contributed by atoms with van der Waals surface area (Å²) in [4.78, 5) is -0.0464. The molecule has 0 atom stereocenters. The lowest BCUT2D eigenvalue weighted by atomic mass is 10.1. The quantitative estimate of drug-likeness (QED) is 0.644. The fourth-order valence-electron chi connectivity index (χ4n) is 1.08. The van der Waals surface area contributed by atoms with Crippen LogP contribution >= 0.6 is 12.4 Å². The second-order valence-electron chi connectivity index (χ2n) is 2.58. The van der Waals surface area contributed by atoms with Crippen molar-refractivity contribution >= 4 is 22.5 Å². The molecule has 0 aliphatic heterocycles. The molecule has 0 unspecified atom stereocenters. The highest BCUT2D eigenvalue weighted by molar-refractivity contribution is 7.85. The van der Waals surface area contributed by atoms with Crippen LogP contribution in [0.25, 0.3) is 0 Å². The smallest absolute Gasteiger partial charge is 0.282 e. The van der Waals surface area contributed by atoms with Crippen LogP contribution in [0.3, 0.4) is 0 Å². The summed E-state index contributed by atoms with van der Waals surface area (Å²) >= 11 is 0. The standard InChI is InChI=1S/C9H10O3S.ClH/c1-2-5-8-6-3-4-7-9(8)13(10,11)12;/h2-4,6-7H,1,5H2,(H,10,11,12);1H. The molecule has 1 aromatic carbocycles. The largest absolute Gasteiger partial charge is 0.294 e. The zero-order valence-corrected chi connectivity index (χ0v) is 9.01. The lowest BCUT2D eigenvalue weighted by Gasteiger charge is -2.02. The topological polar surface area (TPSA) is 54.4 Å². The number of rotatable bonds is 3. The van der Waals surface area contributed by atoms with Crippen molar-refractivity contribution in [3.63, 3.8) is 0 Å². The fourth-order valence-corrected chi connectivity index (χ4v) is 1.81. The fraction of sp³-hybridized carbons (Fsp3) is 0.111. The van der Waals surface area contributed by atoms with Crippen LogP contribution in [0.2, 0.25) is 0 Å². The average Bonchev–Trinajstić information content (AvgIpc) is 2.04. The minimum atomic E-state index is -4.10. The van der Waals surface area contributed by atoms with E-state index in [9.17, 15) is 8.42 Å². The van der Waals surface area contributed by atoms with E-state index in [-0.39, 0.29) is 17.3 Å². The number of hydrogen-bond donors (Lipinski definition) is 1. The molecule has 1 aromatic rings. The van der Waals surface area contributed by atoms with E-state index in [0.717, 1.165) is 0 Å². The Labute approximate surface area is 89.6 Å². The Bertz CT molecular complexity index is 412. The van der Waals surface area contributed by atoms with Gasteiger partial charge in [-0.2, -0.15) is 8.42 Å². The van der Waals surface area contributed by atoms with Gasteiger partial charge in [0.2, 0.25) is 0 Å². The molecular formula is C9H11ClO3S. The molecule has 0 radical (unpaired) electrons. The molecule has 0 saturated carbocycles. The number of allylic oxidation sites excluding steroid dienone is 1. The minimum Gasteiger partial charge on any atom is -0.282 e. The van der Waals surface area contributed by atoms with E-state index in [1.165, 1.54) is 6.07 Å². The van der Waals surface area contributed by atoms with Crippen molar-refractivity contribution in [2.45, 2.75) is 11.3 Å². The van der Waals surface area contributed by atoms with E-state index in [4.69, 9.17) is 4.55 Å². The second kappa shape index (κ2) is 5.14. The summed E-state index contributed by atoms with van der Waals surface area (Å²) in [6, 6.07) is 6.29. The molecule has 0 fully saturated rings. The minimum absolute atomic E-state index is 0. The van der Waals surface area contributed by atoms with Crippen molar-refractivity contribution in [2.75, 3.05) is 0 Å². The number of benzene rings is 1. The summed E-state index contributed by atoms with van der Waals surface area (Å²) in [5.74, 6) is 0. The monoisotopic (exact) mass is 234 g/mol. The van der Waals surface area contributed by atoms with Crippen molar-refractivity contribution in [3.8, 4) is 0 Å². The summed E-state index contributed by atoms with van der Waals surface area (Å²) in [6.07, 6.45) is 2.01. The van der Waals surface area contributed by atoms with Crippen LogP contribution in [0, 0.1) is 0 Å². The van der Waals surface area contributed by atoms with Gasteiger partial charge < -0.3 is 0 Å². The highest BCUT2D eigenvalue weighted by Crippen LogP contribution is 2.15. The second-order valence-corrected chi connectivity index (χ2v) is 3.97. The first-order chi connectivity index (χ1) is 6.05. The lowest BCUT2D eigenvalue weighted by molar-refractivity contribution is 0.482. The van der Waals surface area contributed by atoms with E-state index in [1.807, 2.05) is 0 Å². The summed E-state index contributed by atoms with van der Waals surface area (Å²) in [5, 5.41) is 0. The number of halogens is 1. The van der Waals surface area contributed by atoms with Gasteiger partial charge in [0, 0.05) is 0 Å². The third-order valence-electron chi connectivity index (χ3n) is 1.61. The molecule has 78 valence electrons. The Kier molecular flexibility index (Phi) is 4.83. The average molecular weight is 235 g/mol. The molecule has 0 spiro atoms. The Morgan fingerprint density at radius 2 is 1.93 bits per heavy atom. The maximum atomic E-state index is 10.8.